The second-order valence-corrected chi connectivity index (χ2v) is 9.80. The quantitative estimate of drug-likeness (QED) is 0.427. The van der Waals surface area contributed by atoms with E-state index < -0.39 is 17.5 Å². The van der Waals surface area contributed by atoms with Crippen LogP contribution in [0.5, 0.6) is 11.5 Å². The van der Waals surface area contributed by atoms with Gasteiger partial charge in [-0.25, -0.2) is 0 Å². The second-order valence-electron chi connectivity index (χ2n) is 9.80. The number of methoxy groups -OCH3 is 2. The minimum Gasteiger partial charge on any atom is -0.493 e. The predicted molar refractivity (Wildman–Crippen MR) is 135 cm³/mol. The molecule has 1 atom stereocenters. The zero-order valence-corrected chi connectivity index (χ0v) is 21.3. The lowest BCUT2D eigenvalue weighted by molar-refractivity contribution is -0.139. The molecule has 2 amide bonds. The van der Waals surface area contributed by atoms with Crippen LogP contribution >= 0.6 is 0 Å². The molecule has 2 aromatic rings. The first-order chi connectivity index (χ1) is 16.5. The maximum absolute atomic E-state index is 13.5. The highest BCUT2D eigenvalue weighted by atomic mass is 16.5. The number of hydrogen-bond acceptors (Lipinski definition) is 5. The number of benzene rings is 2. The molecule has 0 aromatic heterocycles. The van der Waals surface area contributed by atoms with Crippen LogP contribution in [-0.4, -0.2) is 48.3 Å². The van der Waals surface area contributed by atoms with Gasteiger partial charge in [0.2, 0.25) is 11.8 Å². The fourth-order valence-electron chi connectivity index (χ4n) is 3.82. The fourth-order valence-corrected chi connectivity index (χ4v) is 3.82. The molecule has 1 unspecified atom stereocenters. The lowest BCUT2D eigenvalue weighted by atomic mass is 10.0. The Kier molecular flexibility index (Phi) is 7.99. The van der Waals surface area contributed by atoms with E-state index in [-0.39, 0.29) is 17.7 Å². The lowest BCUT2D eigenvalue weighted by Gasteiger charge is -2.33. The van der Waals surface area contributed by atoms with Crippen LogP contribution in [0.4, 0.5) is 0 Å². The Morgan fingerprint density at radius 3 is 2.14 bits per heavy atom. The summed E-state index contributed by atoms with van der Waals surface area (Å²) >= 11 is 0. The van der Waals surface area contributed by atoms with Crippen molar-refractivity contribution in [1.82, 2.24) is 10.2 Å². The third kappa shape index (κ3) is 6.72. The number of ether oxygens (including phenoxy) is 2. The van der Waals surface area contributed by atoms with Gasteiger partial charge < -0.3 is 19.7 Å². The molecular formula is C28H34N2O5. The van der Waals surface area contributed by atoms with E-state index in [1.807, 2.05) is 39.8 Å². The van der Waals surface area contributed by atoms with E-state index in [0.717, 1.165) is 18.4 Å². The maximum Gasteiger partial charge on any atom is 0.247 e. The molecule has 1 fully saturated rings. The van der Waals surface area contributed by atoms with Crippen LogP contribution in [0.3, 0.4) is 0 Å². The van der Waals surface area contributed by atoms with Gasteiger partial charge in [0.15, 0.2) is 17.3 Å². The van der Waals surface area contributed by atoms with Gasteiger partial charge in [0.25, 0.3) is 0 Å². The van der Waals surface area contributed by atoms with Crippen molar-refractivity contribution in [3.8, 4) is 11.5 Å². The molecule has 1 saturated carbocycles. The Hall–Kier alpha value is -3.61. The van der Waals surface area contributed by atoms with E-state index in [2.05, 4.69) is 5.32 Å². The molecule has 0 saturated heterocycles. The molecule has 1 aliphatic carbocycles. The first-order valence-electron chi connectivity index (χ1n) is 11.7. The molecule has 35 heavy (non-hydrogen) atoms. The molecule has 2 aromatic carbocycles. The highest BCUT2D eigenvalue weighted by molar-refractivity contribution is 6.08. The monoisotopic (exact) mass is 478 g/mol. The van der Waals surface area contributed by atoms with Crippen molar-refractivity contribution in [1.29, 1.82) is 0 Å². The Morgan fingerprint density at radius 2 is 1.60 bits per heavy atom. The van der Waals surface area contributed by atoms with Crippen molar-refractivity contribution in [3.05, 3.63) is 71.3 Å². The molecule has 7 heteroatoms. The summed E-state index contributed by atoms with van der Waals surface area (Å²) in [7, 11) is 3.06. The molecule has 186 valence electrons. The number of carbonyl (C=O) groups is 3. The number of hydrogen-bond donors (Lipinski definition) is 1. The molecule has 1 N–H and O–H groups in total. The van der Waals surface area contributed by atoms with Crippen molar-refractivity contribution in [2.75, 3.05) is 14.2 Å². The van der Waals surface area contributed by atoms with Gasteiger partial charge in [-0.1, -0.05) is 35.9 Å². The number of nitrogens with one attached hydrogen (secondary N) is 1. The third-order valence-electron chi connectivity index (χ3n) is 5.66. The fraction of sp³-hybridized carbons (Fsp3) is 0.393. The van der Waals surface area contributed by atoms with Crippen LogP contribution in [0.2, 0.25) is 0 Å². The highest BCUT2D eigenvalue weighted by Gasteiger charge is 2.41. The van der Waals surface area contributed by atoms with Gasteiger partial charge in [0.1, 0.15) is 6.04 Å². The van der Waals surface area contributed by atoms with Crippen LogP contribution in [0, 0.1) is 6.92 Å². The van der Waals surface area contributed by atoms with E-state index in [0.29, 0.717) is 22.6 Å². The lowest BCUT2D eigenvalue weighted by Crippen LogP contribution is -2.49. The standard InChI is InChI=1S/C28H34N2O5/c1-18-7-9-19(10-8-18)22(31)14-16-25(32)30(21-12-13-21)26(27(33)29-28(2,3)4)20-11-15-23(34-5)24(17-20)35-6/h7-11,14-17,21,26H,12-13H2,1-6H3,(H,29,33)/b16-14+. The first-order valence-corrected chi connectivity index (χ1v) is 11.7. The van der Waals surface area contributed by atoms with Gasteiger partial charge in [0.05, 0.1) is 14.2 Å². The van der Waals surface area contributed by atoms with Gasteiger partial charge in [-0.2, -0.15) is 0 Å². The van der Waals surface area contributed by atoms with E-state index in [1.165, 1.54) is 26.4 Å². The zero-order valence-electron chi connectivity index (χ0n) is 21.3. The number of nitrogens with zero attached hydrogens (tertiary/aromatic N) is 1. The average molecular weight is 479 g/mol. The summed E-state index contributed by atoms with van der Waals surface area (Å²) in [6.07, 6.45) is 4.12. The molecule has 0 aliphatic heterocycles. The Bertz CT molecular complexity index is 1110. The van der Waals surface area contributed by atoms with Crippen LogP contribution in [0.25, 0.3) is 0 Å². The predicted octanol–water partition coefficient (Wildman–Crippen LogP) is 4.40. The molecule has 0 bridgehead atoms. The molecule has 7 nitrogen and oxygen atoms in total. The second kappa shape index (κ2) is 10.8. The van der Waals surface area contributed by atoms with Crippen LogP contribution < -0.4 is 14.8 Å². The third-order valence-corrected chi connectivity index (χ3v) is 5.66. The largest absolute Gasteiger partial charge is 0.493 e. The van der Waals surface area contributed by atoms with Crippen LogP contribution in [-0.2, 0) is 9.59 Å². The number of allylic oxidation sites excluding steroid dienone is 1. The van der Waals surface area contributed by atoms with E-state index in [1.54, 1.807) is 35.2 Å². The van der Waals surface area contributed by atoms with Crippen molar-refractivity contribution >= 4 is 17.6 Å². The average Bonchev–Trinajstić information content (AvgIpc) is 3.64. The number of ketones is 1. The van der Waals surface area contributed by atoms with E-state index in [4.69, 9.17) is 9.47 Å². The maximum atomic E-state index is 13.5. The number of amides is 2. The smallest absolute Gasteiger partial charge is 0.247 e. The number of rotatable bonds is 9. The summed E-state index contributed by atoms with van der Waals surface area (Å²) < 4.78 is 10.8. The van der Waals surface area contributed by atoms with Crippen molar-refractivity contribution in [2.24, 2.45) is 0 Å². The minimum absolute atomic E-state index is 0.0922. The Balaban J connectivity index is 1.97. The Labute approximate surface area is 207 Å². The molecule has 3 rings (SSSR count). The molecule has 0 radical (unpaired) electrons. The highest BCUT2D eigenvalue weighted by Crippen LogP contribution is 2.38. The summed E-state index contributed by atoms with van der Waals surface area (Å²) in [4.78, 5) is 41.1. The molecule has 0 heterocycles. The van der Waals surface area contributed by atoms with E-state index in [9.17, 15) is 14.4 Å². The number of carbonyl (C=O) groups excluding carboxylic acids is 3. The summed E-state index contributed by atoms with van der Waals surface area (Å²) in [5.74, 6) is 0.0295. The summed E-state index contributed by atoms with van der Waals surface area (Å²) in [5, 5.41) is 3.00. The van der Waals surface area contributed by atoms with Crippen molar-refractivity contribution < 1.29 is 23.9 Å². The van der Waals surface area contributed by atoms with Gasteiger partial charge in [-0.3, -0.25) is 14.4 Å². The normalized spacial score (nSPS) is 14.3. The topological polar surface area (TPSA) is 84.9 Å². The minimum atomic E-state index is -0.895. The van der Waals surface area contributed by atoms with Gasteiger partial charge in [-0.15, -0.1) is 0 Å². The van der Waals surface area contributed by atoms with Crippen molar-refractivity contribution in [3.63, 3.8) is 0 Å². The number of aryl methyl sites for hydroxylation is 1. The van der Waals surface area contributed by atoms with Gasteiger partial charge in [0, 0.05) is 23.2 Å². The molecule has 1 aliphatic rings. The Morgan fingerprint density at radius 1 is 0.971 bits per heavy atom. The van der Waals surface area contributed by atoms with Crippen LogP contribution in [0.15, 0.2) is 54.6 Å². The van der Waals surface area contributed by atoms with Crippen LogP contribution in [0.1, 0.15) is 61.1 Å². The first kappa shape index (κ1) is 26.0. The molecule has 0 spiro atoms. The van der Waals surface area contributed by atoms with Gasteiger partial charge >= 0.3 is 0 Å². The van der Waals surface area contributed by atoms with Crippen molar-refractivity contribution in [2.45, 2.75) is 58.2 Å². The SMILES string of the molecule is COc1ccc(C(C(=O)NC(C)(C)C)N(C(=O)/C=C/C(=O)c2ccc(C)cc2)C2CC2)cc1OC. The summed E-state index contributed by atoms with van der Waals surface area (Å²) in [6, 6.07) is 11.4. The van der Waals surface area contributed by atoms with E-state index >= 15 is 0 Å². The summed E-state index contributed by atoms with van der Waals surface area (Å²) in [6.45, 7) is 7.61. The molecular weight excluding hydrogens is 444 g/mol. The zero-order chi connectivity index (χ0) is 25.8. The van der Waals surface area contributed by atoms with Gasteiger partial charge in [-0.05, 0) is 64.3 Å². The summed E-state index contributed by atoms with van der Waals surface area (Å²) in [5.41, 5.74) is 1.65.